The highest BCUT2D eigenvalue weighted by molar-refractivity contribution is 9.10. The normalized spacial score (nSPS) is 11.2. The average Bonchev–Trinajstić information content (AvgIpc) is 2.21. The first-order valence-electron chi connectivity index (χ1n) is 4.54. The molecule has 0 saturated carbocycles. The van der Waals surface area contributed by atoms with E-state index in [4.69, 9.17) is 5.11 Å². The van der Waals surface area contributed by atoms with Crippen LogP contribution >= 0.6 is 15.9 Å². The van der Waals surface area contributed by atoms with Crippen molar-refractivity contribution in [3.05, 3.63) is 27.7 Å². The van der Waals surface area contributed by atoms with E-state index < -0.39 is 18.1 Å². The fourth-order valence-electron chi connectivity index (χ4n) is 1.18. The minimum atomic E-state index is -5.03. The second-order valence-corrected chi connectivity index (χ2v) is 4.24. The number of aromatic carboxylic acids is 1. The van der Waals surface area contributed by atoms with Gasteiger partial charge in [0.25, 0.3) is 0 Å². The summed E-state index contributed by atoms with van der Waals surface area (Å²) < 4.78 is 36.4. The van der Waals surface area contributed by atoms with Crippen LogP contribution in [0, 0.1) is 6.92 Å². The van der Waals surface area contributed by atoms with Crippen molar-refractivity contribution in [2.45, 2.75) is 13.1 Å². The summed E-state index contributed by atoms with van der Waals surface area (Å²) in [6, 6.07) is 2.16. The predicted molar refractivity (Wildman–Crippen MR) is 60.5 cm³/mol. The van der Waals surface area contributed by atoms with Gasteiger partial charge in [-0.05, 0) is 24.6 Å². The average molecular weight is 326 g/mol. The standard InChI is InChI=1S/C10H7BrF3NO3/c1-4-6(8(16)17)2-5(3-7(4)11)15-9(18)10(12,13)14/h2-3H,1H3,(H,15,18)(H,16,17). The van der Waals surface area contributed by atoms with Crippen LogP contribution in [0.2, 0.25) is 0 Å². The molecular weight excluding hydrogens is 319 g/mol. The van der Waals surface area contributed by atoms with Crippen LogP contribution in [0.15, 0.2) is 16.6 Å². The maximum absolute atomic E-state index is 12.0. The first-order chi connectivity index (χ1) is 8.12. The molecule has 0 aliphatic rings. The van der Waals surface area contributed by atoms with E-state index in [1.54, 1.807) is 5.32 Å². The molecule has 0 aliphatic carbocycles. The van der Waals surface area contributed by atoms with Gasteiger partial charge in [0.15, 0.2) is 0 Å². The van der Waals surface area contributed by atoms with Crippen molar-refractivity contribution in [2.75, 3.05) is 5.32 Å². The molecule has 1 rings (SSSR count). The summed E-state index contributed by atoms with van der Waals surface area (Å²) in [6.07, 6.45) is -5.03. The smallest absolute Gasteiger partial charge is 0.471 e. The third-order valence-corrected chi connectivity index (χ3v) is 2.91. The Morgan fingerprint density at radius 1 is 1.33 bits per heavy atom. The topological polar surface area (TPSA) is 66.4 Å². The number of benzene rings is 1. The van der Waals surface area contributed by atoms with Crippen LogP contribution in [0.5, 0.6) is 0 Å². The van der Waals surface area contributed by atoms with Crippen molar-refractivity contribution in [1.29, 1.82) is 0 Å². The van der Waals surface area contributed by atoms with Crippen molar-refractivity contribution in [1.82, 2.24) is 0 Å². The van der Waals surface area contributed by atoms with E-state index >= 15 is 0 Å². The largest absolute Gasteiger partial charge is 0.478 e. The summed E-state index contributed by atoms with van der Waals surface area (Å²) in [6.45, 7) is 1.49. The molecule has 8 heteroatoms. The molecule has 1 amide bonds. The van der Waals surface area contributed by atoms with Crippen LogP contribution in [-0.4, -0.2) is 23.2 Å². The molecule has 0 unspecified atom stereocenters. The molecule has 0 atom stereocenters. The molecule has 0 spiro atoms. The molecule has 0 fully saturated rings. The van der Waals surface area contributed by atoms with E-state index in [0.717, 1.165) is 6.07 Å². The van der Waals surface area contributed by atoms with Gasteiger partial charge in [-0.2, -0.15) is 13.2 Å². The molecule has 98 valence electrons. The number of amides is 1. The van der Waals surface area contributed by atoms with E-state index in [9.17, 15) is 22.8 Å². The van der Waals surface area contributed by atoms with E-state index in [1.165, 1.54) is 13.0 Å². The zero-order valence-electron chi connectivity index (χ0n) is 8.93. The Balaban J connectivity index is 3.13. The van der Waals surface area contributed by atoms with Crippen molar-refractivity contribution in [3.63, 3.8) is 0 Å². The van der Waals surface area contributed by atoms with E-state index in [1.807, 2.05) is 0 Å². The second kappa shape index (κ2) is 4.97. The molecule has 4 nitrogen and oxygen atoms in total. The van der Waals surface area contributed by atoms with Gasteiger partial charge < -0.3 is 10.4 Å². The molecule has 0 bridgehead atoms. The van der Waals surface area contributed by atoms with Crippen LogP contribution < -0.4 is 5.32 Å². The van der Waals surface area contributed by atoms with Crippen molar-refractivity contribution in [2.24, 2.45) is 0 Å². The fourth-order valence-corrected chi connectivity index (χ4v) is 1.64. The quantitative estimate of drug-likeness (QED) is 0.878. The van der Waals surface area contributed by atoms with Crippen LogP contribution in [0.1, 0.15) is 15.9 Å². The molecule has 0 heterocycles. The molecule has 1 aromatic rings. The van der Waals surface area contributed by atoms with Gasteiger partial charge in [0.1, 0.15) is 0 Å². The predicted octanol–water partition coefficient (Wildman–Crippen LogP) is 2.96. The van der Waals surface area contributed by atoms with E-state index in [0.29, 0.717) is 10.0 Å². The van der Waals surface area contributed by atoms with Gasteiger partial charge in [0.05, 0.1) is 5.56 Å². The number of nitrogens with one attached hydrogen (secondary N) is 1. The lowest BCUT2D eigenvalue weighted by atomic mass is 10.1. The third-order valence-electron chi connectivity index (χ3n) is 2.09. The first-order valence-corrected chi connectivity index (χ1v) is 5.34. The van der Waals surface area contributed by atoms with Gasteiger partial charge in [-0.1, -0.05) is 15.9 Å². The van der Waals surface area contributed by atoms with Crippen LogP contribution in [0.4, 0.5) is 18.9 Å². The summed E-state index contributed by atoms with van der Waals surface area (Å²) in [5, 5.41) is 10.4. The van der Waals surface area contributed by atoms with Crippen LogP contribution in [0.25, 0.3) is 0 Å². The minimum Gasteiger partial charge on any atom is -0.478 e. The monoisotopic (exact) mass is 325 g/mol. The van der Waals surface area contributed by atoms with Gasteiger partial charge in [0.2, 0.25) is 0 Å². The van der Waals surface area contributed by atoms with Crippen molar-refractivity contribution in [3.8, 4) is 0 Å². The Labute approximate surface area is 108 Å². The number of hydrogen-bond donors (Lipinski definition) is 2. The number of anilines is 1. The maximum atomic E-state index is 12.0. The summed E-state index contributed by atoms with van der Waals surface area (Å²) in [5.41, 5.74) is -0.0819. The number of carbonyl (C=O) groups is 2. The summed E-state index contributed by atoms with van der Waals surface area (Å²) in [5.74, 6) is -3.45. The highest BCUT2D eigenvalue weighted by Gasteiger charge is 2.38. The van der Waals surface area contributed by atoms with Gasteiger partial charge in [0, 0.05) is 10.2 Å². The fraction of sp³-hybridized carbons (Fsp3) is 0.200. The molecule has 0 aliphatic heterocycles. The van der Waals surface area contributed by atoms with Gasteiger partial charge >= 0.3 is 18.1 Å². The molecule has 0 radical (unpaired) electrons. The number of carboxylic acid groups (broad SMARTS) is 1. The van der Waals surface area contributed by atoms with Gasteiger partial charge in [-0.15, -0.1) is 0 Å². The summed E-state index contributed by atoms with van der Waals surface area (Å²) in [4.78, 5) is 21.6. The zero-order valence-corrected chi connectivity index (χ0v) is 10.5. The lowest BCUT2D eigenvalue weighted by Gasteiger charge is -2.11. The minimum absolute atomic E-state index is 0.193. The molecule has 1 aromatic carbocycles. The Kier molecular flexibility index (Phi) is 4.00. The first kappa shape index (κ1) is 14.5. The number of carbonyl (C=O) groups excluding carboxylic acids is 1. The van der Waals surface area contributed by atoms with Crippen LogP contribution in [-0.2, 0) is 4.79 Å². The molecule has 2 N–H and O–H groups in total. The van der Waals surface area contributed by atoms with E-state index in [-0.39, 0.29) is 11.3 Å². The van der Waals surface area contributed by atoms with Crippen LogP contribution in [0.3, 0.4) is 0 Å². The summed E-state index contributed by atoms with van der Waals surface area (Å²) >= 11 is 3.01. The molecular formula is C10H7BrF3NO3. The summed E-state index contributed by atoms with van der Waals surface area (Å²) in [7, 11) is 0. The van der Waals surface area contributed by atoms with Gasteiger partial charge in [-0.3, -0.25) is 4.79 Å². The Morgan fingerprint density at radius 3 is 2.33 bits per heavy atom. The molecule has 18 heavy (non-hydrogen) atoms. The molecule has 0 saturated heterocycles. The number of halogens is 4. The Morgan fingerprint density at radius 2 is 1.89 bits per heavy atom. The second-order valence-electron chi connectivity index (χ2n) is 3.39. The number of carboxylic acids is 1. The van der Waals surface area contributed by atoms with Gasteiger partial charge in [-0.25, -0.2) is 4.79 Å². The number of alkyl halides is 3. The molecule has 0 aromatic heterocycles. The highest BCUT2D eigenvalue weighted by atomic mass is 79.9. The third kappa shape index (κ3) is 3.22. The maximum Gasteiger partial charge on any atom is 0.471 e. The number of rotatable bonds is 2. The highest BCUT2D eigenvalue weighted by Crippen LogP contribution is 2.26. The number of hydrogen-bond acceptors (Lipinski definition) is 2. The lowest BCUT2D eigenvalue weighted by molar-refractivity contribution is -0.167. The Bertz CT molecular complexity index is 514. The Hall–Kier alpha value is -1.57. The van der Waals surface area contributed by atoms with Crippen molar-refractivity contribution >= 4 is 33.5 Å². The lowest BCUT2D eigenvalue weighted by Crippen LogP contribution is -2.30. The zero-order chi connectivity index (χ0) is 14.1. The van der Waals surface area contributed by atoms with E-state index in [2.05, 4.69) is 15.9 Å². The van der Waals surface area contributed by atoms with Crippen molar-refractivity contribution < 1.29 is 27.9 Å². The SMILES string of the molecule is Cc1c(Br)cc(NC(=O)C(F)(F)F)cc1C(=O)O.